The number of pyridine rings is 1. The van der Waals surface area contributed by atoms with Gasteiger partial charge in [0.2, 0.25) is 5.95 Å². The molecule has 1 amide bonds. The van der Waals surface area contributed by atoms with E-state index < -0.39 is 0 Å². The lowest BCUT2D eigenvalue weighted by Crippen LogP contribution is -2.44. The molecule has 0 saturated carbocycles. The van der Waals surface area contributed by atoms with Crippen LogP contribution in [-0.2, 0) is 0 Å². The Labute approximate surface area is 200 Å². The van der Waals surface area contributed by atoms with Crippen LogP contribution >= 0.6 is 0 Å². The van der Waals surface area contributed by atoms with Gasteiger partial charge >= 0.3 is 0 Å². The summed E-state index contributed by atoms with van der Waals surface area (Å²) in [5.74, 6) is 0.809. The van der Waals surface area contributed by atoms with Crippen LogP contribution in [0.15, 0.2) is 55.5 Å². The molecule has 178 valence electrons. The number of fused-ring (bicyclic) bond motifs is 1. The molecule has 0 unspecified atom stereocenters. The Morgan fingerprint density at radius 3 is 2.65 bits per heavy atom. The Balaban J connectivity index is 0.000000588. The Hall–Kier alpha value is -3.85. The van der Waals surface area contributed by atoms with Crippen molar-refractivity contribution >= 4 is 40.5 Å². The van der Waals surface area contributed by atoms with Crippen molar-refractivity contribution in [3.8, 4) is 0 Å². The topological polar surface area (TPSA) is 110 Å². The van der Waals surface area contributed by atoms with Gasteiger partial charge in [-0.1, -0.05) is 19.9 Å². The molecule has 9 heteroatoms. The maximum absolute atomic E-state index is 12.7. The van der Waals surface area contributed by atoms with Crippen molar-refractivity contribution in [3.05, 3.63) is 61.1 Å². The van der Waals surface area contributed by atoms with Crippen molar-refractivity contribution in [2.45, 2.75) is 19.8 Å². The number of likely N-dealkylation sites (N-methyl/N-ethyl adjacent to an activating group) is 1. The van der Waals surface area contributed by atoms with Gasteiger partial charge in [0.15, 0.2) is 0 Å². The summed E-state index contributed by atoms with van der Waals surface area (Å²) >= 11 is 0. The van der Waals surface area contributed by atoms with E-state index in [-0.39, 0.29) is 11.9 Å². The number of hydrogen-bond donors (Lipinski definition) is 3. The molecule has 4 rings (SSSR count). The highest BCUT2D eigenvalue weighted by molar-refractivity contribution is 6.04. The van der Waals surface area contributed by atoms with Crippen LogP contribution in [0.4, 0.5) is 17.5 Å². The number of hydrogen-bond acceptors (Lipinski definition) is 8. The van der Waals surface area contributed by atoms with Gasteiger partial charge in [0, 0.05) is 55.2 Å². The molecule has 1 aromatic carbocycles. The zero-order valence-corrected chi connectivity index (χ0v) is 19.8. The van der Waals surface area contributed by atoms with E-state index in [0.29, 0.717) is 5.56 Å². The summed E-state index contributed by atoms with van der Waals surface area (Å²) in [7, 11) is 2.11. The van der Waals surface area contributed by atoms with Crippen molar-refractivity contribution in [1.29, 1.82) is 5.41 Å². The number of benzene rings is 1. The van der Waals surface area contributed by atoms with Gasteiger partial charge in [0.05, 0.1) is 5.52 Å². The van der Waals surface area contributed by atoms with Crippen LogP contribution in [0.1, 0.15) is 30.1 Å². The molecule has 0 atom stereocenters. The molecule has 0 aliphatic carbocycles. The Kier molecular flexibility index (Phi) is 9.04. The van der Waals surface area contributed by atoms with Crippen LogP contribution in [0.3, 0.4) is 0 Å². The smallest absolute Gasteiger partial charge is 0.258 e. The number of anilines is 3. The van der Waals surface area contributed by atoms with Crippen molar-refractivity contribution in [3.63, 3.8) is 0 Å². The number of rotatable bonds is 7. The molecule has 3 aromatic rings. The molecular formula is C25H32N8O. The van der Waals surface area contributed by atoms with E-state index in [1.807, 2.05) is 24.3 Å². The summed E-state index contributed by atoms with van der Waals surface area (Å²) in [6.45, 7) is 9.46. The molecule has 1 aliphatic heterocycles. The van der Waals surface area contributed by atoms with Crippen LogP contribution in [-0.4, -0.2) is 65.2 Å². The second kappa shape index (κ2) is 12.4. The summed E-state index contributed by atoms with van der Waals surface area (Å²) in [6.07, 6.45) is 8.42. The molecule has 9 nitrogen and oxygen atoms in total. The summed E-state index contributed by atoms with van der Waals surface area (Å²) in [5, 5.41) is 13.2. The molecule has 1 fully saturated rings. The third-order valence-electron chi connectivity index (χ3n) is 5.34. The van der Waals surface area contributed by atoms with Gasteiger partial charge in [-0.2, -0.15) is 0 Å². The van der Waals surface area contributed by atoms with E-state index >= 15 is 0 Å². The van der Waals surface area contributed by atoms with Crippen molar-refractivity contribution in [2.24, 2.45) is 0 Å². The highest BCUT2D eigenvalue weighted by Crippen LogP contribution is 2.19. The third kappa shape index (κ3) is 6.82. The number of carbonyl (C=O) groups is 1. The van der Waals surface area contributed by atoms with Gasteiger partial charge in [-0.15, -0.1) is 0 Å². The second-order valence-electron chi connectivity index (χ2n) is 7.96. The first-order valence-electron chi connectivity index (χ1n) is 11.4. The van der Waals surface area contributed by atoms with E-state index in [1.54, 1.807) is 24.7 Å². The van der Waals surface area contributed by atoms with Crippen LogP contribution in [0.2, 0.25) is 0 Å². The Morgan fingerprint density at radius 2 is 1.97 bits per heavy atom. The molecule has 3 N–H and O–H groups in total. The number of aromatic nitrogens is 3. The minimum Gasteiger partial charge on any atom is -0.362 e. The molecule has 1 saturated heterocycles. The zero-order valence-electron chi connectivity index (χ0n) is 19.8. The van der Waals surface area contributed by atoms with Crippen LogP contribution in [0, 0.1) is 5.41 Å². The van der Waals surface area contributed by atoms with Gasteiger partial charge in [0.1, 0.15) is 5.82 Å². The minimum absolute atomic E-state index is 0.260. The van der Waals surface area contributed by atoms with E-state index in [1.165, 1.54) is 6.21 Å². The molecule has 1 aliphatic rings. The fourth-order valence-electron chi connectivity index (χ4n) is 3.38. The van der Waals surface area contributed by atoms with Gasteiger partial charge in [-0.05, 0) is 56.2 Å². The first kappa shape index (κ1) is 24.8. The third-order valence-corrected chi connectivity index (χ3v) is 5.34. The van der Waals surface area contributed by atoms with E-state index in [0.717, 1.165) is 61.4 Å². The van der Waals surface area contributed by atoms with Gasteiger partial charge in [-0.3, -0.25) is 10.1 Å². The van der Waals surface area contributed by atoms with E-state index in [4.69, 9.17) is 5.41 Å². The SMILES string of the molecule is C=CNc1ccc2cnc(NC(=O)c3ccnc(N4CCN(C)CC4)c3)nc2c1.CCCC=N. The largest absolute Gasteiger partial charge is 0.362 e. The lowest BCUT2D eigenvalue weighted by molar-refractivity contribution is 0.102. The highest BCUT2D eigenvalue weighted by atomic mass is 16.1. The second-order valence-corrected chi connectivity index (χ2v) is 7.96. The van der Waals surface area contributed by atoms with Crippen molar-refractivity contribution in [1.82, 2.24) is 19.9 Å². The van der Waals surface area contributed by atoms with E-state index in [9.17, 15) is 4.79 Å². The summed E-state index contributed by atoms with van der Waals surface area (Å²) in [4.78, 5) is 30.3. The highest BCUT2D eigenvalue weighted by Gasteiger charge is 2.17. The first-order chi connectivity index (χ1) is 16.5. The molecule has 0 spiro atoms. The van der Waals surface area contributed by atoms with Gasteiger partial charge in [-0.25, -0.2) is 15.0 Å². The number of nitrogens with zero attached hydrogens (tertiary/aromatic N) is 5. The molecule has 0 radical (unpaired) electrons. The number of nitrogens with one attached hydrogen (secondary N) is 3. The van der Waals surface area contributed by atoms with Crippen LogP contribution in [0.25, 0.3) is 10.9 Å². The predicted octanol–water partition coefficient (Wildman–Crippen LogP) is 4.02. The average molecular weight is 461 g/mol. The average Bonchev–Trinajstić information content (AvgIpc) is 2.85. The van der Waals surface area contributed by atoms with Crippen molar-refractivity contribution in [2.75, 3.05) is 48.8 Å². The zero-order chi connectivity index (χ0) is 24.3. The Bertz CT molecular complexity index is 1120. The molecule has 3 heterocycles. The normalized spacial score (nSPS) is 13.5. The number of unbranched alkanes of at least 4 members (excludes halogenated alkanes) is 1. The van der Waals surface area contributed by atoms with Crippen molar-refractivity contribution < 1.29 is 4.79 Å². The van der Waals surface area contributed by atoms with Gasteiger partial charge in [0.25, 0.3) is 5.91 Å². The molecular weight excluding hydrogens is 428 g/mol. The maximum atomic E-state index is 12.7. The monoisotopic (exact) mass is 460 g/mol. The lowest BCUT2D eigenvalue weighted by Gasteiger charge is -2.33. The van der Waals surface area contributed by atoms with Crippen LogP contribution < -0.4 is 15.5 Å². The molecule has 34 heavy (non-hydrogen) atoms. The molecule has 0 bridgehead atoms. The number of amides is 1. The summed E-state index contributed by atoms with van der Waals surface area (Å²) < 4.78 is 0. The first-order valence-corrected chi connectivity index (χ1v) is 11.4. The van der Waals surface area contributed by atoms with E-state index in [2.05, 4.69) is 55.9 Å². The van der Waals surface area contributed by atoms with Crippen LogP contribution in [0.5, 0.6) is 0 Å². The van der Waals surface area contributed by atoms with Gasteiger partial charge < -0.3 is 20.5 Å². The standard InChI is InChI=1S/C21H23N7O.C4H9N/c1-3-22-17-5-4-16-14-24-21(25-18(16)13-17)26-20(29)15-6-7-23-19(12-15)28-10-8-27(2)9-11-28;1-2-3-4-5/h3-7,12-14,22H,1,8-11H2,2H3,(H,24,25,26,29);4-5H,2-3H2,1H3. The lowest BCUT2D eigenvalue weighted by atomic mass is 10.2. The summed E-state index contributed by atoms with van der Waals surface area (Å²) in [5.41, 5.74) is 2.13. The fraction of sp³-hybridized carbons (Fsp3) is 0.320. The number of carbonyl (C=O) groups excluding carboxylic acids is 1. The fourth-order valence-corrected chi connectivity index (χ4v) is 3.38. The quantitative estimate of drug-likeness (QED) is 0.457. The summed E-state index contributed by atoms with van der Waals surface area (Å²) in [6, 6.07) is 9.22. The Morgan fingerprint density at radius 1 is 1.18 bits per heavy atom. The predicted molar refractivity (Wildman–Crippen MR) is 139 cm³/mol. The maximum Gasteiger partial charge on any atom is 0.258 e. The minimum atomic E-state index is -0.262. The molecule has 2 aromatic heterocycles. The number of piperazine rings is 1.